The third kappa shape index (κ3) is 4.23. The lowest BCUT2D eigenvalue weighted by atomic mass is 10.0. The second kappa shape index (κ2) is 9.04. The number of hydrogen-bond donors (Lipinski definition) is 1. The van der Waals surface area contributed by atoms with Gasteiger partial charge in [0.15, 0.2) is 0 Å². The van der Waals surface area contributed by atoms with Crippen molar-refractivity contribution in [2.45, 2.75) is 19.1 Å². The zero-order valence-corrected chi connectivity index (χ0v) is 17.8. The van der Waals surface area contributed by atoms with Crippen molar-refractivity contribution in [1.82, 2.24) is 29.7 Å². The lowest BCUT2D eigenvalue weighted by molar-refractivity contribution is 0.0658. The molecule has 0 bridgehead atoms. The summed E-state index contributed by atoms with van der Waals surface area (Å²) in [6.45, 7) is 1.35. The molecular formula is C25H22N6O2. The van der Waals surface area contributed by atoms with E-state index in [1.54, 1.807) is 18.5 Å². The van der Waals surface area contributed by atoms with Crippen molar-refractivity contribution in [1.29, 1.82) is 0 Å². The molecule has 1 atom stereocenters. The number of imidazole rings is 1. The predicted molar refractivity (Wildman–Crippen MR) is 121 cm³/mol. The van der Waals surface area contributed by atoms with Crippen LogP contribution in [-0.2, 0) is 13.1 Å². The zero-order chi connectivity index (χ0) is 22.6. The van der Waals surface area contributed by atoms with Crippen LogP contribution in [0.3, 0.4) is 0 Å². The van der Waals surface area contributed by atoms with Gasteiger partial charge in [0.25, 0.3) is 11.8 Å². The number of aromatic nitrogens is 4. The molecule has 8 heteroatoms. The van der Waals surface area contributed by atoms with Gasteiger partial charge in [-0.05, 0) is 23.8 Å². The van der Waals surface area contributed by atoms with Crippen LogP contribution in [0, 0.1) is 0 Å². The standard InChI is InChI=1S/C25H22N6O2/c32-24(27-15-20-11-12-26-17-28-20)21-16-30-13-14-31(25(33)19-9-5-2-6-10-19)22(23(30)29-21)18-7-3-1-4-8-18/h1-12,16-17,22H,13-15H2,(H,27,32). The summed E-state index contributed by atoms with van der Waals surface area (Å²) in [7, 11) is 0. The van der Waals surface area contributed by atoms with E-state index >= 15 is 0 Å². The number of amides is 2. The average Bonchev–Trinajstić information content (AvgIpc) is 3.32. The van der Waals surface area contributed by atoms with Crippen LogP contribution in [0.1, 0.15) is 44.0 Å². The van der Waals surface area contributed by atoms with Crippen molar-refractivity contribution in [2.24, 2.45) is 0 Å². The van der Waals surface area contributed by atoms with Gasteiger partial charge in [0.05, 0.1) is 12.2 Å². The van der Waals surface area contributed by atoms with Gasteiger partial charge in [-0.2, -0.15) is 0 Å². The highest BCUT2D eigenvalue weighted by Gasteiger charge is 2.35. The minimum atomic E-state index is -0.393. The summed E-state index contributed by atoms with van der Waals surface area (Å²) in [5.41, 5.74) is 2.60. The third-order valence-electron chi connectivity index (χ3n) is 5.65. The van der Waals surface area contributed by atoms with E-state index in [2.05, 4.69) is 20.3 Å². The lowest BCUT2D eigenvalue weighted by Crippen LogP contribution is -2.42. The van der Waals surface area contributed by atoms with Crippen molar-refractivity contribution < 1.29 is 9.59 Å². The summed E-state index contributed by atoms with van der Waals surface area (Å²) >= 11 is 0. The van der Waals surface area contributed by atoms with E-state index in [1.165, 1.54) is 6.33 Å². The Balaban J connectivity index is 1.45. The first-order valence-corrected chi connectivity index (χ1v) is 10.7. The first kappa shape index (κ1) is 20.6. The number of rotatable bonds is 5. The van der Waals surface area contributed by atoms with Gasteiger partial charge < -0.3 is 14.8 Å². The van der Waals surface area contributed by atoms with E-state index in [0.29, 0.717) is 35.9 Å². The molecule has 0 radical (unpaired) electrons. The van der Waals surface area contributed by atoms with Crippen LogP contribution < -0.4 is 5.32 Å². The number of nitrogens with one attached hydrogen (secondary N) is 1. The molecule has 0 fully saturated rings. The maximum absolute atomic E-state index is 13.4. The van der Waals surface area contributed by atoms with E-state index < -0.39 is 6.04 Å². The predicted octanol–water partition coefficient (Wildman–Crippen LogP) is 2.85. The second-order valence-electron chi connectivity index (χ2n) is 7.74. The smallest absolute Gasteiger partial charge is 0.271 e. The van der Waals surface area contributed by atoms with E-state index in [4.69, 9.17) is 0 Å². The summed E-state index contributed by atoms with van der Waals surface area (Å²) in [5, 5.41) is 2.85. The van der Waals surface area contributed by atoms with Crippen molar-refractivity contribution in [3.63, 3.8) is 0 Å². The molecular weight excluding hydrogens is 416 g/mol. The summed E-state index contributed by atoms with van der Waals surface area (Å²) in [5.74, 6) is 0.320. The summed E-state index contributed by atoms with van der Waals surface area (Å²) < 4.78 is 1.96. The van der Waals surface area contributed by atoms with E-state index in [0.717, 1.165) is 5.56 Å². The molecule has 0 saturated carbocycles. The van der Waals surface area contributed by atoms with Gasteiger partial charge in [0.1, 0.15) is 23.9 Å². The van der Waals surface area contributed by atoms with Crippen LogP contribution in [-0.4, -0.2) is 42.8 Å². The molecule has 1 aliphatic heterocycles. The molecule has 164 valence electrons. The highest BCUT2D eigenvalue weighted by atomic mass is 16.2. The molecule has 1 N–H and O–H groups in total. The maximum atomic E-state index is 13.4. The Bertz CT molecular complexity index is 1260. The molecule has 33 heavy (non-hydrogen) atoms. The molecule has 2 aromatic carbocycles. The monoisotopic (exact) mass is 438 g/mol. The number of carbonyl (C=O) groups excluding carboxylic acids is 2. The minimum absolute atomic E-state index is 0.0616. The minimum Gasteiger partial charge on any atom is -0.345 e. The van der Waals surface area contributed by atoms with E-state index in [1.807, 2.05) is 70.1 Å². The fourth-order valence-electron chi connectivity index (χ4n) is 4.03. The molecule has 5 rings (SSSR count). The van der Waals surface area contributed by atoms with Crippen LogP contribution in [0.25, 0.3) is 0 Å². The van der Waals surface area contributed by atoms with Gasteiger partial charge in [-0.3, -0.25) is 9.59 Å². The number of nitrogens with zero attached hydrogens (tertiary/aromatic N) is 5. The van der Waals surface area contributed by atoms with Crippen LogP contribution in [0.5, 0.6) is 0 Å². The van der Waals surface area contributed by atoms with Crippen LogP contribution >= 0.6 is 0 Å². The average molecular weight is 438 g/mol. The Morgan fingerprint density at radius 1 is 0.970 bits per heavy atom. The fraction of sp³-hybridized carbons (Fsp3) is 0.160. The Kier molecular flexibility index (Phi) is 5.63. The van der Waals surface area contributed by atoms with Crippen LogP contribution in [0.4, 0.5) is 0 Å². The molecule has 0 saturated heterocycles. The van der Waals surface area contributed by atoms with Crippen LogP contribution in [0.2, 0.25) is 0 Å². The Labute approximate surface area is 190 Å². The van der Waals surface area contributed by atoms with Crippen LogP contribution in [0.15, 0.2) is 85.5 Å². The van der Waals surface area contributed by atoms with Gasteiger partial charge in [0.2, 0.25) is 0 Å². The molecule has 8 nitrogen and oxygen atoms in total. The number of fused-ring (bicyclic) bond motifs is 1. The third-order valence-corrected chi connectivity index (χ3v) is 5.65. The SMILES string of the molecule is O=C(NCc1ccncn1)c1cn2c(n1)C(c1ccccc1)N(C(=O)c1ccccc1)CC2. The van der Waals surface area contributed by atoms with Gasteiger partial charge in [0, 0.05) is 31.0 Å². The van der Waals surface area contributed by atoms with Crippen molar-refractivity contribution in [2.75, 3.05) is 6.54 Å². The van der Waals surface area contributed by atoms with Gasteiger partial charge in [-0.1, -0.05) is 48.5 Å². The fourth-order valence-corrected chi connectivity index (χ4v) is 4.03. The molecule has 0 spiro atoms. The summed E-state index contributed by atoms with van der Waals surface area (Å²) in [6, 6.07) is 20.4. The molecule has 2 amide bonds. The quantitative estimate of drug-likeness (QED) is 0.517. The number of carbonyl (C=O) groups is 2. The van der Waals surface area contributed by atoms with E-state index in [9.17, 15) is 9.59 Å². The number of hydrogen-bond acceptors (Lipinski definition) is 5. The molecule has 3 heterocycles. The Morgan fingerprint density at radius 2 is 1.73 bits per heavy atom. The summed E-state index contributed by atoms with van der Waals surface area (Å²) in [4.78, 5) is 40.7. The van der Waals surface area contributed by atoms with Crippen molar-refractivity contribution in [3.05, 3.63) is 114 Å². The normalized spacial score (nSPS) is 15.0. The second-order valence-corrected chi connectivity index (χ2v) is 7.74. The summed E-state index contributed by atoms with van der Waals surface area (Å²) in [6.07, 6.45) is 4.83. The molecule has 4 aromatic rings. The highest BCUT2D eigenvalue weighted by molar-refractivity contribution is 5.95. The largest absolute Gasteiger partial charge is 0.345 e. The van der Waals surface area contributed by atoms with E-state index in [-0.39, 0.29) is 18.4 Å². The Hall–Kier alpha value is -4.33. The molecule has 1 unspecified atom stereocenters. The highest BCUT2D eigenvalue weighted by Crippen LogP contribution is 2.32. The molecule has 2 aromatic heterocycles. The first-order valence-electron chi connectivity index (χ1n) is 10.7. The zero-order valence-electron chi connectivity index (χ0n) is 17.8. The maximum Gasteiger partial charge on any atom is 0.271 e. The lowest BCUT2D eigenvalue weighted by Gasteiger charge is -2.36. The topological polar surface area (TPSA) is 93.0 Å². The molecule has 0 aliphatic carbocycles. The van der Waals surface area contributed by atoms with Crippen molar-refractivity contribution in [3.8, 4) is 0 Å². The number of benzene rings is 2. The van der Waals surface area contributed by atoms with Crippen molar-refractivity contribution >= 4 is 11.8 Å². The Morgan fingerprint density at radius 3 is 2.45 bits per heavy atom. The van der Waals surface area contributed by atoms with Gasteiger partial charge >= 0.3 is 0 Å². The first-order chi connectivity index (χ1) is 16.2. The van der Waals surface area contributed by atoms with Gasteiger partial charge in [-0.25, -0.2) is 15.0 Å². The molecule has 1 aliphatic rings. The van der Waals surface area contributed by atoms with Gasteiger partial charge in [-0.15, -0.1) is 0 Å².